The van der Waals surface area contributed by atoms with Gasteiger partial charge in [0.2, 0.25) is 11.8 Å². The minimum absolute atomic E-state index is 0.459. The minimum Gasteiger partial charge on any atom is -0.481 e. The Hall–Kier alpha value is -3.52. The maximum atomic E-state index is 5.74. The maximum absolute atomic E-state index is 5.74. The second-order valence-electron chi connectivity index (χ2n) is 5.60. The fourth-order valence-corrected chi connectivity index (χ4v) is 2.62. The summed E-state index contributed by atoms with van der Waals surface area (Å²) in [5.74, 6) is 1.01. The molecular weight excluding hydrogens is 330 g/mol. The van der Waals surface area contributed by atoms with E-state index in [-0.39, 0.29) is 0 Å². The van der Waals surface area contributed by atoms with Gasteiger partial charge in [-0.05, 0) is 17.7 Å². The molecule has 0 aliphatic carbocycles. The molecule has 3 heterocycles. The van der Waals surface area contributed by atoms with Gasteiger partial charge in [0.1, 0.15) is 5.69 Å². The molecule has 0 aliphatic rings. The fraction of sp³-hybridized carbons (Fsp3) is 0.111. The third-order valence-corrected chi connectivity index (χ3v) is 3.89. The Morgan fingerprint density at radius 1 is 1.19 bits per heavy atom. The first-order valence-electron chi connectivity index (χ1n) is 8.04. The van der Waals surface area contributed by atoms with Gasteiger partial charge >= 0.3 is 0 Å². The highest BCUT2D eigenvalue weighted by molar-refractivity contribution is 5.74. The Labute approximate surface area is 149 Å². The van der Waals surface area contributed by atoms with E-state index in [0.29, 0.717) is 24.0 Å². The lowest BCUT2D eigenvalue weighted by atomic mass is 10.1. The van der Waals surface area contributed by atoms with Gasteiger partial charge in [0, 0.05) is 30.6 Å². The lowest BCUT2D eigenvalue weighted by molar-refractivity contribution is 0.398. The summed E-state index contributed by atoms with van der Waals surface area (Å²) in [5.41, 5.74) is 9.89. The van der Waals surface area contributed by atoms with Gasteiger partial charge in [-0.2, -0.15) is 4.98 Å². The van der Waals surface area contributed by atoms with Crippen molar-refractivity contribution in [3.05, 3.63) is 60.6 Å². The number of anilines is 2. The first kappa shape index (κ1) is 16.0. The molecule has 0 bridgehead atoms. The third kappa shape index (κ3) is 3.05. The molecule has 4 aromatic rings. The van der Waals surface area contributed by atoms with Gasteiger partial charge in [-0.3, -0.25) is 4.98 Å². The highest BCUT2D eigenvalue weighted by Gasteiger charge is 2.12. The predicted molar refractivity (Wildman–Crippen MR) is 98.2 cm³/mol. The smallest absolute Gasteiger partial charge is 0.247 e. The minimum atomic E-state index is 0.459. The number of nitrogens with one attached hydrogen (secondary N) is 1. The normalized spacial score (nSPS) is 10.8. The van der Waals surface area contributed by atoms with E-state index < -0.39 is 0 Å². The van der Waals surface area contributed by atoms with E-state index in [2.05, 4.69) is 25.4 Å². The monoisotopic (exact) mass is 347 g/mol. The van der Waals surface area contributed by atoms with Gasteiger partial charge in [-0.15, -0.1) is 5.10 Å². The van der Waals surface area contributed by atoms with E-state index in [1.807, 2.05) is 30.3 Å². The van der Waals surface area contributed by atoms with E-state index >= 15 is 0 Å². The Kier molecular flexibility index (Phi) is 4.16. The van der Waals surface area contributed by atoms with Crippen molar-refractivity contribution in [1.29, 1.82) is 0 Å². The van der Waals surface area contributed by atoms with Crippen molar-refractivity contribution in [3.63, 3.8) is 0 Å². The van der Waals surface area contributed by atoms with Crippen LogP contribution in [0, 0.1) is 0 Å². The molecule has 0 aliphatic heterocycles. The predicted octanol–water partition coefficient (Wildman–Crippen LogP) is 2.40. The lowest BCUT2D eigenvalue weighted by Gasteiger charge is -2.03. The van der Waals surface area contributed by atoms with Gasteiger partial charge < -0.3 is 15.8 Å². The number of rotatable bonds is 5. The first-order chi connectivity index (χ1) is 12.8. The van der Waals surface area contributed by atoms with Crippen LogP contribution in [0.25, 0.3) is 16.9 Å². The molecule has 8 nitrogen and oxygen atoms in total. The number of nitrogens with two attached hydrogens (primary N) is 1. The molecule has 3 aromatic heterocycles. The molecule has 0 saturated carbocycles. The summed E-state index contributed by atoms with van der Waals surface area (Å²) in [4.78, 5) is 13.2. The molecule has 8 heteroatoms. The zero-order chi connectivity index (χ0) is 17.9. The molecule has 0 radical (unpaired) electrons. The van der Waals surface area contributed by atoms with Gasteiger partial charge in [0.05, 0.1) is 19.0 Å². The van der Waals surface area contributed by atoms with E-state index in [4.69, 9.17) is 10.5 Å². The van der Waals surface area contributed by atoms with Crippen LogP contribution in [0.3, 0.4) is 0 Å². The van der Waals surface area contributed by atoms with Gasteiger partial charge in [0.15, 0.2) is 5.65 Å². The lowest BCUT2D eigenvalue weighted by Crippen LogP contribution is -1.97. The van der Waals surface area contributed by atoms with E-state index in [0.717, 1.165) is 22.5 Å². The fourth-order valence-electron chi connectivity index (χ4n) is 2.62. The van der Waals surface area contributed by atoms with E-state index in [1.54, 1.807) is 36.3 Å². The maximum Gasteiger partial charge on any atom is 0.247 e. The van der Waals surface area contributed by atoms with Crippen LogP contribution in [0.15, 0.2) is 55.0 Å². The van der Waals surface area contributed by atoms with Crippen LogP contribution in [0.4, 0.5) is 11.6 Å². The van der Waals surface area contributed by atoms with Gasteiger partial charge in [0.25, 0.3) is 0 Å². The second-order valence-corrected chi connectivity index (χ2v) is 5.60. The van der Waals surface area contributed by atoms with Crippen LogP contribution in [0.1, 0.15) is 5.56 Å². The van der Waals surface area contributed by atoms with Crippen LogP contribution < -0.4 is 15.8 Å². The summed E-state index contributed by atoms with van der Waals surface area (Å²) < 4.78 is 6.75. The summed E-state index contributed by atoms with van der Waals surface area (Å²) in [5, 5.41) is 7.59. The Bertz CT molecular complexity index is 1040. The number of nitrogens with zero attached hydrogens (tertiary/aromatic N) is 5. The Balaban J connectivity index is 1.70. The zero-order valence-electron chi connectivity index (χ0n) is 14.1. The Morgan fingerprint density at radius 3 is 2.88 bits per heavy atom. The van der Waals surface area contributed by atoms with Crippen molar-refractivity contribution in [2.24, 2.45) is 5.73 Å². The highest BCUT2D eigenvalue weighted by atomic mass is 16.5. The highest BCUT2D eigenvalue weighted by Crippen LogP contribution is 2.23. The summed E-state index contributed by atoms with van der Waals surface area (Å²) >= 11 is 0. The molecule has 3 N–H and O–H groups in total. The largest absolute Gasteiger partial charge is 0.481 e. The molecule has 0 atom stereocenters. The molecule has 0 unspecified atom stereocenters. The SMILES string of the molecule is COc1ccc(Nc2nc3c(-c4cccc(CN)c4)nccn3n2)cn1. The van der Waals surface area contributed by atoms with Crippen molar-refractivity contribution in [1.82, 2.24) is 24.6 Å². The van der Waals surface area contributed by atoms with Crippen molar-refractivity contribution < 1.29 is 4.74 Å². The van der Waals surface area contributed by atoms with Crippen LogP contribution >= 0.6 is 0 Å². The third-order valence-electron chi connectivity index (χ3n) is 3.89. The quantitative estimate of drug-likeness (QED) is 0.571. The van der Waals surface area contributed by atoms with Gasteiger partial charge in [-0.1, -0.05) is 18.2 Å². The van der Waals surface area contributed by atoms with E-state index in [1.165, 1.54) is 0 Å². The van der Waals surface area contributed by atoms with Gasteiger partial charge in [-0.25, -0.2) is 9.50 Å². The summed E-state index contributed by atoms with van der Waals surface area (Å²) in [7, 11) is 1.58. The molecule has 4 rings (SSSR count). The average Bonchev–Trinajstić information content (AvgIpc) is 3.11. The average molecular weight is 347 g/mol. The number of pyridine rings is 1. The second kappa shape index (κ2) is 6.77. The number of ether oxygens (including phenoxy) is 1. The van der Waals surface area contributed by atoms with Crippen LogP contribution in [0.5, 0.6) is 5.88 Å². The molecule has 0 fully saturated rings. The number of hydrogen-bond acceptors (Lipinski definition) is 7. The van der Waals surface area contributed by atoms with Crippen molar-refractivity contribution in [2.75, 3.05) is 12.4 Å². The molecule has 0 saturated heterocycles. The Morgan fingerprint density at radius 2 is 2.12 bits per heavy atom. The van der Waals surface area contributed by atoms with Crippen LogP contribution in [-0.4, -0.2) is 31.7 Å². The first-order valence-corrected chi connectivity index (χ1v) is 8.04. The van der Waals surface area contributed by atoms with Crippen molar-refractivity contribution in [3.8, 4) is 17.1 Å². The number of hydrogen-bond donors (Lipinski definition) is 2. The number of methoxy groups -OCH3 is 1. The van der Waals surface area contributed by atoms with Crippen LogP contribution in [0.2, 0.25) is 0 Å². The summed E-state index contributed by atoms with van der Waals surface area (Å²) in [6.07, 6.45) is 5.12. The molecule has 26 heavy (non-hydrogen) atoms. The zero-order valence-corrected chi connectivity index (χ0v) is 14.1. The van der Waals surface area contributed by atoms with Crippen molar-refractivity contribution >= 4 is 17.3 Å². The van der Waals surface area contributed by atoms with E-state index in [9.17, 15) is 0 Å². The molecular formula is C18H17N7O. The van der Waals surface area contributed by atoms with Crippen molar-refractivity contribution in [2.45, 2.75) is 6.54 Å². The molecule has 130 valence electrons. The standard InChI is InChI=1S/C18H17N7O/c1-26-15-6-5-14(11-21-15)22-18-23-17-16(20-7-8-25(17)24-18)13-4-2-3-12(9-13)10-19/h2-9,11H,10,19H2,1H3,(H,22,24). The number of benzene rings is 1. The number of fused-ring (bicyclic) bond motifs is 1. The van der Waals surface area contributed by atoms with Crippen LogP contribution in [-0.2, 0) is 6.54 Å². The topological polar surface area (TPSA) is 103 Å². The molecule has 0 spiro atoms. The number of aromatic nitrogens is 5. The molecule has 1 aromatic carbocycles. The molecule has 0 amide bonds. The summed E-state index contributed by atoms with van der Waals surface area (Å²) in [6, 6.07) is 11.6. The summed E-state index contributed by atoms with van der Waals surface area (Å²) in [6.45, 7) is 0.473.